The van der Waals surface area contributed by atoms with Gasteiger partial charge in [0.05, 0.1) is 24.8 Å². The lowest BCUT2D eigenvalue weighted by Gasteiger charge is -2.10. The van der Waals surface area contributed by atoms with Gasteiger partial charge in [-0.05, 0) is 6.07 Å². The summed E-state index contributed by atoms with van der Waals surface area (Å²) in [6.07, 6.45) is 0. The Balaban J connectivity index is 3.31. The van der Waals surface area contributed by atoms with Crippen molar-refractivity contribution in [3.63, 3.8) is 0 Å². The summed E-state index contributed by atoms with van der Waals surface area (Å²) < 4.78 is 10.0. The van der Waals surface area contributed by atoms with E-state index >= 15 is 0 Å². The second-order valence-electron chi connectivity index (χ2n) is 2.60. The molecule has 0 heterocycles. The molecule has 14 heavy (non-hydrogen) atoms. The van der Waals surface area contributed by atoms with Crippen molar-refractivity contribution in [3.8, 4) is 11.5 Å². The van der Waals surface area contributed by atoms with E-state index in [-0.39, 0.29) is 5.84 Å². The molecule has 1 aromatic rings. The van der Waals surface area contributed by atoms with Crippen molar-refractivity contribution in [2.24, 2.45) is 5.73 Å². The van der Waals surface area contributed by atoms with Crippen LogP contribution in [0.3, 0.4) is 0 Å². The van der Waals surface area contributed by atoms with E-state index < -0.39 is 0 Å². The standard InChI is InChI=1S/C9H11ClN2O2/c1-13-7-4-8(14-2)6(10)3-5(7)9(11)12/h3-4H,1-2H3,(H3,11,12). The van der Waals surface area contributed by atoms with Crippen LogP contribution in [-0.4, -0.2) is 20.1 Å². The highest BCUT2D eigenvalue weighted by atomic mass is 35.5. The topological polar surface area (TPSA) is 68.3 Å². The highest BCUT2D eigenvalue weighted by molar-refractivity contribution is 6.32. The van der Waals surface area contributed by atoms with Crippen molar-refractivity contribution in [2.75, 3.05) is 14.2 Å². The normalized spacial score (nSPS) is 9.64. The molecule has 76 valence electrons. The van der Waals surface area contributed by atoms with Gasteiger partial charge in [-0.25, -0.2) is 0 Å². The molecule has 0 fully saturated rings. The van der Waals surface area contributed by atoms with Crippen LogP contribution in [-0.2, 0) is 0 Å². The molecule has 0 bridgehead atoms. The fraction of sp³-hybridized carbons (Fsp3) is 0.222. The summed E-state index contributed by atoms with van der Waals surface area (Å²) in [4.78, 5) is 0. The van der Waals surface area contributed by atoms with Crippen molar-refractivity contribution in [2.45, 2.75) is 0 Å². The Bertz CT molecular complexity index is 366. The first-order valence-electron chi connectivity index (χ1n) is 3.86. The van der Waals surface area contributed by atoms with E-state index in [0.29, 0.717) is 22.1 Å². The van der Waals surface area contributed by atoms with Crippen LogP contribution in [0.1, 0.15) is 5.56 Å². The lowest BCUT2D eigenvalue weighted by atomic mass is 10.1. The van der Waals surface area contributed by atoms with Gasteiger partial charge in [-0.1, -0.05) is 11.6 Å². The molecule has 1 rings (SSSR count). The van der Waals surface area contributed by atoms with Gasteiger partial charge in [0.2, 0.25) is 0 Å². The molecule has 0 aromatic heterocycles. The van der Waals surface area contributed by atoms with Gasteiger partial charge in [0.25, 0.3) is 0 Å². The minimum Gasteiger partial charge on any atom is -0.496 e. The molecule has 1 aromatic carbocycles. The van der Waals surface area contributed by atoms with E-state index in [9.17, 15) is 0 Å². The van der Waals surface area contributed by atoms with Gasteiger partial charge in [0, 0.05) is 6.07 Å². The molecule has 0 amide bonds. The van der Waals surface area contributed by atoms with Crippen LogP contribution in [0.5, 0.6) is 11.5 Å². The molecule has 0 aliphatic rings. The number of hydrogen-bond acceptors (Lipinski definition) is 3. The average molecular weight is 215 g/mol. The second-order valence-corrected chi connectivity index (χ2v) is 3.01. The number of nitrogens with two attached hydrogens (primary N) is 1. The molecule has 5 heteroatoms. The fourth-order valence-corrected chi connectivity index (χ4v) is 1.31. The third-order valence-corrected chi connectivity index (χ3v) is 2.06. The zero-order valence-electron chi connectivity index (χ0n) is 7.93. The Morgan fingerprint density at radius 1 is 1.29 bits per heavy atom. The van der Waals surface area contributed by atoms with Gasteiger partial charge in [0.15, 0.2) is 0 Å². The molecule has 0 unspecified atom stereocenters. The van der Waals surface area contributed by atoms with Crippen LogP contribution in [0.15, 0.2) is 12.1 Å². The Labute approximate surface area is 87.1 Å². The highest BCUT2D eigenvalue weighted by Gasteiger charge is 2.11. The van der Waals surface area contributed by atoms with Crippen molar-refractivity contribution >= 4 is 17.4 Å². The summed E-state index contributed by atoms with van der Waals surface area (Å²) in [6.45, 7) is 0. The molecule has 0 aliphatic heterocycles. The number of benzene rings is 1. The summed E-state index contributed by atoms with van der Waals surface area (Å²) in [7, 11) is 3.00. The molecule has 0 atom stereocenters. The van der Waals surface area contributed by atoms with E-state index in [4.69, 9.17) is 32.2 Å². The molecule has 0 radical (unpaired) electrons. The lowest BCUT2D eigenvalue weighted by Crippen LogP contribution is -2.12. The van der Waals surface area contributed by atoms with Crippen molar-refractivity contribution in [3.05, 3.63) is 22.7 Å². The van der Waals surface area contributed by atoms with Crippen molar-refractivity contribution in [1.82, 2.24) is 0 Å². The Kier molecular flexibility index (Phi) is 3.19. The Morgan fingerprint density at radius 2 is 1.86 bits per heavy atom. The number of nitrogens with one attached hydrogen (secondary N) is 1. The monoisotopic (exact) mass is 214 g/mol. The van der Waals surface area contributed by atoms with Crippen LogP contribution < -0.4 is 15.2 Å². The number of rotatable bonds is 3. The minimum atomic E-state index is -0.0913. The summed E-state index contributed by atoms with van der Waals surface area (Å²) in [5, 5.41) is 7.70. The SMILES string of the molecule is COc1cc(OC)c(C(=N)N)cc1Cl. The predicted octanol–water partition coefficient (Wildman–Crippen LogP) is 1.64. The first kappa shape index (κ1) is 10.7. The molecule has 0 aliphatic carbocycles. The quantitative estimate of drug-likeness (QED) is 0.594. The van der Waals surface area contributed by atoms with E-state index in [1.165, 1.54) is 14.2 Å². The van der Waals surface area contributed by atoms with Crippen LogP contribution in [0.25, 0.3) is 0 Å². The third kappa shape index (κ3) is 1.90. The zero-order chi connectivity index (χ0) is 10.7. The van der Waals surface area contributed by atoms with Crippen LogP contribution >= 0.6 is 11.6 Å². The van der Waals surface area contributed by atoms with Gasteiger partial charge >= 0.3 is 0 Å². The van der Waals surface area contributed by atoms with E-state index in [0.717, 1.165) is 0 Å². The van der Waals surface area contributed by atoms with E-state index in [1.807, 2.05) is 0 Å². The fourth-order valence-electron chi connectivity index (χ4n) is 1.07. The van der Waals surface area contributed by atoms with Crippen molar-refractivity contribution in [1.29, 1.82) is 5.41 Å². The molecule has 3 N–H and O–H groups in total. The molecular weight excluding hydrogens is 204 g/mol. The third-order valence-electron chi connectivity index (χ3n) is 1.76. The predicted molar refractivity (Wildman–Crippen MR) is 55.6 cm³/mol. The minimum absolute atomic E-state index is 0.0913. The lowest BCUT2D eigenvalue weighted by molar-refractivity contribution is 0.394. The molecule has 0 saturated heterocycles. The number of amidine groups is 1. The summed E-state index contributed by atoms with van der Waals surface area (Å²) in [6, 6.07) is 3.14. The molecule has 4 nitrogen and oxygen atoms in total. The zero-order valence-corrected chi connectivity index (χ0v) is 8.68. The van der Waals surface area contributed by atoms with Gasteiger partial charge in [0.1, 0.15) is 17.3 Å². The largest absolute Gasteiger partial charge is 0.496 e. The maximum Gasteiger partial charge on any atom is 0.141 e. The van der Waals surface area contributed by atoms with Gasteiger partial charge in [-0.2, -0.15) is 0 Å². The number of halogens is 1. The molecule has 0 saturated carbocycles. The molecular formula is C9H11ClN2O2. The first-order valence-corrected chi connectivity index (χ1v) is 4.24. The van der Waals surface area contributed by atoms with Crippen molar-refractivity contribution < 1.29 is 9.47 Å². The van der Waals surface area contributed by atoms with Gasteiger partial charge in [-0.3, -0.25) is 5.41 Å². The van der Waals surface area contributed by atoms with Crippen LogP contribution in [0.4, 0.5) is 0 Å². The maximum atomic E-state index is 7.30. The highest BCUT2D eigenvalue weighted by Crippen LogP contribution is 2.32. The smallest absolute Gasteiger partial charge is 0.141 e. The second kappa shape index (κ2) is 4.19. The number of ether oxygens (including phenoxy) is 2. The number of methoxy groups -OCH3 is 2. The van der Waals surface area contributed by atoms with Gasteiger partial charge in [-0.15, -0.1) is 0 Å². The maximum absolute atomic E-state index is 7.30. The van der Waals surface area contributed by atoms with E-state index in [1.54, 1.807) is 12.1 Å². The van der Waals surface area contributed by atoms with Crippen LogP contribution in [0.2, 0.25) is 5.02 Å². The number of hydrogen-bond donors (Lipinski definition) is 2. The summed E-state index contributed by atoms with van der Waals surface area (Å²) in [5.74, 6) is 0.874. The first-order chi connectivity index (χ1) is 6.60. The van der Waals surface area contributed by atoms with Gasteiger partial charge < -0.3 is 15.2 Å². The Hall–Kier alpha value is -1.42. The summed E-state index contributed by atoms with van der Waals surface area (Å²) >= 11 is 5.87. The number of nitrogen functional groups attached to an aromatic ring is 1. The van der Waals surface area contributed by atoms with E-state index in [2.05, 4.69) is 0 Å². The molecule has 0 spiro atoms. The van der Waals surface area contributed by atoms with Crippen LogP contribution in [0, 0.1) is 5.41 Å². The average Bonchev–Trinajstić information content (AvgIpc) is 2.17. The summed E-state index contributed by atoms with van der Waals surface area (Å²) in [5.41, 5.74) is 5.81. The Morgan fingerprint density at radius 3 is 2.29 bits per heavy atom.